The lowest BCUT2D eigenvalue weighted by Gasteiger charge is -2.05. The number of ether oxygens (including phenoxy) is 1. The van der Waals surface area contributed by atoms with E-state index in [0.717, 1.165) is 16.6 Å². The molecule has 3 aromatic heterocycles. The van der Waals surface area contributed by atoms with Gasteiger partial charge in [0.1, 0.15) is 15.5 Å². The SMILES string of the molecule is Cc1cc(C)c2c(N)c(C(=O)OCC(=O)NCc3ccco3)sc2n1. The number of carbonyl (C=O) groups excluding carboxylic acids is 2. The zero-order valence-electron chi connectivity index (χ0n) is 13.8. The standard InChI is InChI=1S/C17H17N3O4S/c1-9-6-10(2)20-16-13(9)14(18)15(25-16)17(22)24-8-12(21)19-7-11-4-3-5-23-11/h3-6H,7-8,18H2,1-2H3,(H,19,21). The molecule has 0 spiro atoms. The number of anilines is 1. The number of furan rings is 1. The maximum atomic E-state index is 12.3. The van der Waals surface area contributed by atoms with Crippen LogP contribution in [0.25, 0.3) is 10.2 Å². The number of hydrogen-bond donors (Lipinski definition) is 2. The zero-order chi connectivity index (χ0) is 18.0. The Bertz CT molecular complexity index is 931. The van der Waals surface area contributed by atoms with Crippen LogP contribution < -0.4 is 11.1 Å². The van der Waals surface area contributed by atoms with E-state index in [1.807, 2.05) is 19.9 Å². The van der Waals surface area contributed by atoms with E-state index < -0.39 is 18.5 Å². The average molecular weight is 359 g/mol. The number of thiophene rings is 1. The molecule has 3 rings (SSSR count). The molecule has 0 saturated carbocycles. The van der Waals surface area contributed by atoms with Crippen LogP contribution in [-0.4, -0.2) is 23.5 Å². The number of nitrogens with one attached hydrogen (secondary N) is 1. The van der Waals surface area contributed by atoms with Gasteiger partial charge in [-0.3, -0.25) is 4.79 Å². The molecular formula is C17H17N3O4S. The molecule has 0 radical (unpaired) electrons. The zero-order valence-corrected chi connectivity index (χ0v) is 14.6. The number of hydrogen-bond acceptors (Lipinski definition) is 7. The monoisotopic (exact) mass is 359 g/mol. The van der Waals surface area contributed by atoms with Crippen molar-refractivity contribution in [3.63, 3.8) is 0 Å². The summed E-state index contributed by atoms with van der Waals surface area (Å²) in [4.78, 5) is 29.3. The number of nitrogen functional groups attached to an aromatic ring is 1. The van der Waals surface area contributed by atoms with E-state index in [0.29, 0.717) is 16.3 Å². The largest absolute Gasteiger partial charge is 0.467 e. The fraction of sp³-hybridized carbons (Fsp3) is 0.235. The van der Waals surface area contributed by atoms with Crippen molar-refractivity contribution in [2.45, 2.75) is 20.4 Å². The van der Waals surface area contributed by atoms with Gasteiger partial charge in [0.15, 0.2) is 6.61 Å². The van der Waals surface area contributed by atoms with Crippen molar-refractivity contribution in [1.29, 1.82) is 0 Å². The van der Waals surface area contributed by atoms with Crippen molar-refractivity contribution < 1.29 is 18.7 Å². The van der Waals surface area contributed by atoms with Crippen LogP contribution in [0.15, 0.2) is 28.9 Å². The Morgan fingerprint density at radius 3 is 2.92 bits per heavy atom. The molecule has 0 unspecified atom stereocenters. The molecule has 3 heterocycles. The van der Waals surface area contributed by atoms with E-state index in [1.165, 1.54) is 17.6 Å². The van der Waals surface area contributed by atoms with Gasteiger partial charge in [0.25, 0.3) is 5.91 Å². The molecule has 1 amide bonds. The molecule has 130 valence electrons. The minimum absolute atomic E-state index is 0.233. The lowest BCUT2D eigenvalue weighted by Crippen LogP contribution is -2.28. The van der Waals surface area contributed by atoms with Crippen LogP contribution in [0, 0.1) is 13.8 Å². The van der Waals surface area contributed by atoms with Crippen molar-refractivity contribution in [3.8, 4) is 0 Å². The molecule has 25 heavy (non-hydrogen) atoms. The van der Waals surface area contributed by atoms with Crippen molar-refractivity contribution in [1.82, 2.24) is 10.3 Å². The summed E-state index contributed by atoms with van der Waals surface area (Å²) in [7, 11) is 0. The molecule has 8 heteroatoms. The second-order valence-electron chi connectivity index (χ2n) is 5.54. The second-order valence-corrected chi connectivity index (χ2v) is 6.54. The predicted octanol–water partition coefficient (Wildman–Crippen LogP) is 2.56. The number of nitrogens with zero attached hydrogens (tertiary/aromatic N) is 1. The Balaban J connectivity index is 1.65. The lowest BCUT2D eigenvalue weighted by molar-refractivity contribution is -0.124. The first-order valence-corrected chi connectivity index (χ1v) is 8.39. The van der Waals surface area contributed by atoms with Crippen molar-refractivity contribution in [2.75, 3.05) is 12.3 Å². The fourth-order valence-electron chi connectivity index (χ4n) is 2.47. The highest BCUT2D eigenvalue weighted by Gasteiger charge is 2.21. The first-order valence-electron chi connectivity index (χ1n) is 7.58. The molecular weight excluding hydrogens is 342 g/mol. The van der Waals surface area contributed by atoms with E-state index in [4.69, 9.17) is 14.9 Å². The van der Waals surface area contributed by atoms with Gasteiger partial charge in [0.05, 0.1) is 18.5 Å². The van der Waals surface area contributed by atoms with Crippen LogP contribution >= 0.6 is 11.3 Å². The van der Waals surface area contributed by atoms with Gasteiger partial charge in [-0.2, -0.15) is 0 Å². The molecule has 3 N–H and O–H groups in total. The average Bonchev–Trinajstić information content (AvgIpc) is 3.18. The second kappa shape index (κ2) is 6.94. The molecule has 0 saturated heterocycles. The highest BCUT2D eigenvalue weighted by molar-refractivity contribution is 7.21. The molecule has 0 aromatic carbocycles. The number of carbonyl (C=O) groups is 2. The van der Waals surface area contributed by atoms with Gasteiger partial charge >= 0.3 is 5.97 Å². The summed E-state index contributed by atoms with van der Waals surface area (Å²) in [5.74, 6) is -0.439. The molecule has 0 aliphatic carbocycles. The number of aromatic nitrogens is 1. The lowest BCUT2D eigenvalue weighted by atomic mass is 10.1. The van der Waals surface area contributed by atoms with Gasteiger partial charge in [0.2, 0.25) is 0 Å². The summed E-state index contributed by atoms with van der Waals surface area (Å²) >= 11 is 1.17. The van der Waals surface area contributed by atoms with Crippen molar-refractivity contribution in [3.05, 3.63) is 46.4 Å². The topological polar surface area (TPSA) is 107 Å². The Labute approximate surface area is 147 Å². The molecule has 0 aliphatic rings. The Kier molecular flexibility index (Phi) is 4.71. The molecule has 0 aliphatic heterocycles. The molecule has 0 fully saturated rings. The summed E-state index contributed by atoms with van der Waals surface area (Å²) in [5.41, 5.74) is 8.22. The van der Waals surface area contributed by atoms with Crippen LogP contribution in [-0.2, 0) is 16.1 Å². The Morgan fingerprint density at radius 1 is 1.40 bits per heavy atom. The number of nitrogens with two attached hydrogens (primary N) is 1. The van der Waals surface area contributed by atoms with E-state index in [2.05, 4.69) is 10.3 Å². The van der Waals surface area contributed by atoms with E-state index in [9.17, 15) is 9.59 Å². The van der Waals surface area contributed by atoms with E-state index in [1.54, 1.807) is 12.1 Å². The molecule has 0 bridgehead atoms. The summed E-state index contributed by atoms with van der Waals surface area (Å²) in [6, 6.07) is 5.37. The third kappa shape index (κ3) is 3.63. The van der Waals surface area contributed by atoms with Crippen LogP contribution in [0.1, 0.15) is 26.7 Å². The van der Waals surface area contributed by atoms with E-state index >= 15 is 0 Å². The van der Waals surface area contributed by atoms with E-state index in [-0.39, 0.29) is 11.4 Å². The van der Waals surface area contributed by atoms with Crippen LogP contribution in [0.5, 0.6) is 0 Å². The van der Waals surface area contributed by atoms with Gasteiger partial charge in [-0.1, -0.05) is 0 Å². The minimum Gasteiger partial charge on any atom is -0.467 e. The first-order chi connectivity index (χ1) is 12.0. The number of rotatable bonds is 5. The maximum Gasteiger partial charge on any atom is 0.351 e. The number of esters is 1. The summed E-state index contributed by atoms with van der Waals surface area (Å²) in [6.07, 6.45) is 1.52. The van der Waals surface area contributed by atoms with Crippen molar-refractivity contribution in [2.24, 2.45) is 0 Å². The van der Waals surface area contributed by atoms with Gasteiger partial charge in [-0.05, 0) is 37.6 Å². The van der Waals surface area contributed by atoms with Gasteiger partial charge < -0.3 is 20.2 Å². The first kappa shape index (κ1) is 17.0. The predicted molar refractivity (Wildman–Crippen MR) is 94.3 cm³/mol. The highest BCUT2D eigenvalue weighted by Crippen LogP contribution is 2.35. The number of pyridine rings is 1. The highest BCUT2D eigenvalue weighted by atomic mass is 32.1. The number of aryl methyl sites for hydroxylation is 2. The summed E-state index contributed by atoms with van der Waals surface area (Å²) in [6.45, 7) is 3.64. The Morgan fingerprint density at radius 2 is 2.20 bits per heavy atom. The number of fused-ring (bicyclic) bond motifs is 1. The molecule has 0 atom stereocenters. The van der Waals surface area contributed by atoms with Crippen LogP contribution in [0.4, 0.5) is 5.69 Å². The summed E-state index contributed by atoms with van der Waals surface area (Å²) in [5, 5.41) is 3.35. The smallest absolute Gasteiger partial charge is 0.351 e. The van der Waals surface area contributed by atoms with Crippen molar-refractivity contribution >= 4 is 39.1 Å². The number of amides is 1. The molecule has 7 nitrogen and oxygen atoms in total. The fourth-order valence-corrected chi connectivity index (χ4v) is 3.58. The van der Waals surface area contributed by atoms with Gasteiger partial charge in [-0.25, -0.2) is 9.78 Å². The Hall–Kier alpha value is -2.87. The minimum atomic E-state index is -0.634. The normalized spacial score (nSPS) is 10.8. The molecule has 3 aromatic rings. The van der Waals surface area contributed by atoms with Crippen LogP contribution in [0.2, 0.25) is 0 Å². The quantitative estimate of drug-likeness (QED) is 0.678. The third-order valence-electron chi connectivity index (χ3n) is 3.58. The van der Waals surface area contributed by atoms with Crippen LogP contribution in [0.3, 0.4) is 0 Å². The third-order valence-corrected chi connectivity index (χ3v) is 4.66. The summed E-state index contributed by atoms with van der Waals surface area (Å²) < 4.78 is 10.2. The van der Waals surface area contributed by atoms with Gasteiger partial charge in [-0.15, -0.1) is 11.3 Å². The van der Waals surface area contributed by atoms with Gasteiger partial charge in [0, 0.05) is 11.1 Å². The maximum absolute atomic E-state index is 12.3.